The van der Waals surface area contributed by atoms with Crippen molar-refractivity contribution >= 4 is 0 Å². The minimum Gasteiger partial charge on any atom is -0.490 e. The van der Waals surface area contributed by atoms with Gasteiger partial charge in [0.1, 0.15) is 11.6 Å². The van der Waals surface area contributed by atoms with Gasteiger partial charge >= 0.3 is 0 Å². The Hall–Kier alpha value is -1.05. The first-order valence-electron chi connectivity index (χ1n) is 5.16. The van der Waals surface area contributed by atoms with Gasteiger partial charge in [0.25, 0.3) is 0 Å². The summed E-state index contributed by atoms with van der Waals surface area (Å²) in [6.45, 7) is 4.27. The molecule has 1 heterocycles. The Kier molecular flexibility index (Phi) is 2.44. The number of hydrogen-bond acceptors (Lipinski definition) is 1. The largest absolute Gasteiger partial charge is 0.490 e. The van der Waals surface area contributed by atoms with Gasteiger partial charge < -0.3 is 4.74 Å². The molecule has 1 aliphatic rings. The zero-order chi connectivity index (χ0) is 10.1. The Bertz CT molecular complexity index is 335. The Morgan fingerprint density at radius 1 is 1.50 bits per heavy atom. The molecule has 0 N–H and O–H groups in total. The third-order valence-electron chi connectivity index (χ3n) is 2.87. The van der Waals surface area contributed by atoms with Gasteiger partial charge in [0.2, 0.25) is 0 Å². The van der Waals surface area contributed by atoms with Crippen molar-refractivity contribution in [1.29, 1.82) is 0 Å². The highest BCUT2D eigenvalue weighted by Gasteiger charge is 2.24. The normalized spacial score (nSPS) is 25.4. The monoisotopic (exact) mass is 194 g/mol. The average molecular weight is 194 g/mol. The van der Waals surface area contributed by atoms with Gasteiger partial charge in [-0.05, 0) is 30.4 Å². The second-order valence-corrected chi connectivity index (χ2v) is 3.97. The summed E-state index contributed by atoms with van der Waals surface area (Å²) in [4.78, 5) is 0. The number of halogens is 1. The maximum Gasteiger partial charge on any atom is 0.126 e. The molecular formula is C12H15FO. The van der Waals surface area contributed by atoms with Gasteiger partial charge in [-0.1, -0.05) is 19.9 Å². The highest BCUT2D eigenvalue weighted by Crippen LogP contribution is 2.36. The molecule has 0 fully saturated rings. The number of hydrogen-bond donors (Lipinski definition) is 0. The number of benzene rings is 1. The molecule has 1 nitrogen and oxygen atoms in total. The third kappa shape index (κ3) is 1.61. The topological polar surface area (TPSA) is 9.23 Å². The van der Waals surface area contributed by atoms with E-state index in [9.17, 15) is 4.39 Å². The van der Waals surface area contributed by atoms with Gasteiger partial charge in [0.15, 0.2) is 0 Å². The van der Waals surface area contributed by atoms with Crippen LogP contribution in [0.25, 0.3) is 0 Å². The minimum absolute atomic E-state index is 0.215. The maximum absolute atomic E-state index is 13.0. The minimum atomic E-state index is -0.215. The summed E-state index contributed by atoms with van der Waals surface area (Å²) in [6.07, 6.45) is 2.27. The van der Waals surface area contributed by atoms with Crippen molar-refractivity contribution in [3.63, 3.8) is 0 Å². The predicted molar refractivity (Wildman–Crippen MR) is 54.1 cm³/mol. The molecule has 2 atom stereocenters. The van der Waals surface area contributed by atoms with Crippen molar-refractivity contribution in [2.24, 2.45) is 0 Å². The van der Waals surface area contributed by atoms with Crippen LogP contribution < -0.4 is 4.74 Å². The molecule has 0 amide bonds. The highest BCUT2D eigenvalue weighted by molar-refractivity contribution is 5.38. The van der Waals surface area contributed by atoms with Crippen molar-refractivity contribution in [3.05, 3.63) is 29.6 Å². The van der Waals surface area contributed by atoms with Gasteiger partial charge in [0, 0.05) is 6.07 Å². The lowest BCUT2D eigenvalue weighted by Crippen LogP contribution is -2.23. The standard InChI is InChI=1S/C12H15FO/c1-3-10-6-8(2)11-5-4-9(13)7-12(11)14-10/h4-5,7-8,10H,3,6H2,1-2H3/t8-,10-/m0/s1. The summed E-state index contributed by atoms with van der Waals surface area (Å²) in [5.74, 6) is 0.993. The van der Waals surface area contributed by atoms with Crippen LogP contribution >= 0.6 is 0 Å². The SMILES string of the molecule is CC[C@H]1C[C@H](C)c2ccc(F)cc2O1. The average Bonchev–Trinajstić information content (AvgIpc) is 2.16. The van der Waals surface area contributed by atoms with E-state index in [1.165, 1.54) is 12.1 Å². The molecular weight excluding hydrogens is 179 g/mol. The number of ether oxygens (including phenoxy) is 1. The molecule has 76 valence electrons. The van der Waals surface area contributed by atoms with E-state index >= 15 is 0 Å². The molecule has 14 heavy (non-hydrogen) atoms. The molecule has 2 rings (SSSR count). The van der Waals surface area contributed by atoms with Gasteiger partial charge in [-0.2, -0.15) is 0 Å². The summed E-state index contributed by atoms with van der Waals surface area (Å²) in [5, 5.41) is 0. The fourth-order valence-electron chi connectivity index (χ4n) is 2.02. The third-order valence-corrected chi connectivity index (χ3v) is 2.87. The second-order valence-electron chi connectivity index (χ2n) is 3.97. The molecule has 1 aromatic rings. The van der Waals surface area contributed by atoms with Crippen LogP contribution in [0.4, 0.5) is 4.39 Å². The zero-order valence-electron chi connectivity index (χ0n) is 8.59. The van der Waals surface area contributed by atoms with Crippen molar-refractivity contribution in [1.82, 2.24) is 0 Å². The van der Waals surface area contributed by atoms with Crippen LogP contribution in [0.5, 0.6) is 5.75 Å². The van der Waals surface area contributed by atoms with E-state index in [2.05, 4.69) is 13.8 Å². The summed E-state index contributed by atoms with van der Waals surface area (Å²) < 4.78 is 18.7. The Balaban J connectivity index is 2.35. The van der Waals surface area contributed by atoms with Crippen LogP contribution in [0.15, 0.2) is 18.2 Å². The molecule has 0 bridgehead atoms. The summed E-state index contributed by atoms with van der Waals surface area (Å²) >= 11 is 0. The molecule has 0 spiro atoms. The van der Waals surface area contributed by atoms with Gasteiger partial charge in [-0.25, -0.2) is 4.39 Å². The molecule has 0 aromatic heterocycles. The highest BCUT2D eigenvalue weighted by atomic mass is 19.1. The molecule has 0 unspecified atom stereocenters. The summed E-state index contributed by atoms with van der Waals surface area (Å²) in [7, 11) is 0. The van der Waals surface area contributed by atoms with Crippen LogP contribution in [0.1, 0.15) is 38.2 Å². The maximum atomic E-state index is 13.0. The van der Waals surface area contributed by atoms with E-state index in [-0.39, 0.29) is 11.9 Å². The fraction of sp³-hybridized carbons (Fsp3) is 0.500. The lowest BCUT2D eigenvalue weighted by molar-refractivity contribution is 0.157. The van der Waals surface area contributed by atoms with Crippen LogP contribution in [-0.4, -0.2) is 6.10 Å². The predicted octanol–water partition coefficient (Wildman–Crippen LogP) is 3.49. The molecule has 0 aliphatic carbocycles. The smallest absolute Gasteiger partial charge is 0.126 e. The molecule has 0 saturated carbocycles. The lowest BCUT2D eigenvalue weighted by Gasteiger charge is -2.29. The molecule has 0 saturated heterocycles. The second kappa shape index (κ2) is 3.60. The van der Waals surface area contributed by atoms with Gasteiger partial charge in [-0.3, -0.25) is 0 Å². The fourth-order valence-corrected chi connectivity index (χ4v) is 2.02. The van der Waals surface area contributed by atoms with Crippen molar-refractivity contribution in [3.8, 4) is 5.75 Å². The van der Waals surface area contributed by atoms with Crippen LogP contribution in [-0.2, 0) is 0 Å². The first-order chi connectivity index (χ1) is 6.70. The molecule has 2 heteroatoms. The van der Waals surface area contributed by atoms with Crippen molar-refractivity contribution < 1.29 is 9.13 Å². The van der Waals surface area contributed by atoms with E-state index in [4.69, 9.17) is 4.74 Å². The van der Waals surface area contributed by atoms with Crippen molar-refractivity contribution in [2.75, 3.05) is 0 Å². The van der Waals surface area contributed by atoms with E-state index in [0.717, 1.165) is 24.2 Å². The molecule has 1 aromatic carbocycles. The van der Waals surface area contributed by atoms with Crippen molar-refractivity contribution in [2.45, 2.75) is 38.7 Å². The quantitative estimate of drug-likeness (QED) is 0.665. The summed E-state index contributed by atoms with van der Waals surface area (Å²) in [6, 6.07) is 4.83. The van der Waals surface area contributed by atoms with Crippen LogP contribution in [0, 0.1) is 5.82 Å². The Morgan fingerprint density at radius 3 is 3.00 bits per heavy atom. The summed E-state index contributed by atoms with van der Waals surface area (Å²) in [5.41, 5.74) is 1.14. The van der Waals surface area contributed by atoms with E-state index < -0.39 is 0 Å². The Morgan fingerprint density at radius 2 is 2.29 bits per heavy atom. The van der Waals surface area contributed by atoms with Gasteiger partial charge in [-0.15, -0.1) is 0 Å². The first kappa shape index (κ1) is 9.50. The number of fused-ring (bicyclic) bond motifs is 1. The zero-order valence-corrected chi connectivity index (χ0v) is 8.59. The molecule has 0 radical (unpaired) electrons. The first-order valence-corrected chi connectivity index (χ1v) is 5.16. The lowest BCUT2D eigenvalue weighted by atomic mass is 9.91. The Labute approximate surface area is 83.9 Å². The van der Waals surface area contributed by atoms with Crippen LogP contribution in [0.2, 0.25) is 0 Å². The van der Waals surface area contributed by atoms with E-state index in [1.807, 2.05) is 6.07 Å². The van der Waals surface area contributed by atoms with E-state index in [0.29, 0.717) is 5.92 Å². The van der Waals surface area contributed by atoms with Gasteiger partial charge in [0.05, 0.1) is 6.10 Å². The van der Waals surface area contributed by atoms with Crippen LogP contribution in [0.3, 0.4) is 0 Å². The van der Waals surface area contributed by atoms with E-state index in [1.54, 1.807) is 0 Å². The molecule has 1 aliphatic heterocycles. The number of rotatable bonds is 1.